The molecule has 0 fully saturated rings. The molecule has 1 amide bonds. The van der Waals surface area contributed by atoms with E-state index in [-0.39, 0.29) is 22.6 Å². The molecule has 0 spiro atoms. The second-order valence-electron chi connectivity index (χ2n) is 7.11. The van der Waals surface area contributed by atoms with E-state index in [1.807, 2.05) is 18.2 Å². The number of hydrogen-bond acceptors (Lipinski definition) is 3. The number of aromatic nitrogens is 1. The molecule has 3 rings (SSSR count). The van der Waals surface area contributed by atoms with Crippen LogP contribution in [0.25, 0.3) is 5.70 Å². The summed E-state index contributed by atoms with van der Waals surface area (Å²) >= 11 is 3.41. The number of hydrogen-bond donors (Lipinski definition) is 1. The number of rotatable bonds is 2. The lowest BCUT2D eigenvalue weighted by molar-refractivity contribution is -0.114. The lowest BCUT2D eigenvalue weighted by Gasteiger charge is -2.30. The number of pyridine rings is 1. The van der Waals surface area contributed by atoms with Gasteiger partial charge in [-0.25, -0.2) is 0 Å². The second-order valence-corrected chi connectivity index (χ2v) is 8.02. The van der Waals surface area contributed by atoms with E-state index in [4.69, 9.17) is 0 Å². The van der Waals surface area contributed by atoms with Crippen molar-refractivity contribution in [2.45, 2.75) is 27.2 Å². The fourth-order valence-corrected chi connectivity index (χ4v) is 3.67. The molecule has 5 nitrogen and oxygen atoms in total. The molecule has 0 saturated heterocycles. The molecule has 1 heterocycles. The smallest absolute Gasteiger partial charge is 0.278 e. The molecular weight excluding hydrogens is 394 g/mol. The van der Waals surface area contributed by atoms with Gasteiger partial charge in [-0.05, 0) is 51.5 Å². The van der Waals surface area contributed by atoms with Gasteiger partial charge in [-0.3, -0.25) is 14.2 Å². The number of halogens is 1. The summed E-state index contributed by atoms with van der Waals surface area (Å²) in [6.07, 6.45) is 4.55. The molecule has 1 aromatic carbocycles. The largest absolute Gasteiger partial charge is 0.322 e. The molecule has 2 aromatic rings. The van der Waals surface area contributed by atoms with Crippen LogP contribution in [0, 0.1) is 16.7 Å². The van der Waals surface area contributed by atoms with Gasteiger partial charge in [0, 0.05) is 23.2 Å². The Morgan fingerprint density at radius 3 is 2.73 bits per heavy atom. The lowest BCUT2D eigenvalue weighted by Crippen LogP contribution is -2.28. The number of carbonyl (C=O) groups excluding carboxylic acids is 1. The van der Waals surface area contributed by atoms with E-state index in [1.54, 1.807) is 18.3 Å². The lowest BCUT2D eigenvalue weighted by atomic mass is 9.77. The van der Waals surface area contributed by atoms with Crippen LogP contribution in [-0.4, -0.2) is 10.5 Å². The van der Waals surface area contributed by atoms with Crippen LogP contribution in [-0.2, 0) is 11.2 Å². The van der Waals surface area contributed by atoms with E-state index in [0.29, 0.717) is 15.7 Å². The van der Waals surface area contributed by atoms with Crippen LogP contribution in [0.3, 0.4) is 0 Å². The molecule has 0 bridgehead atoms. The predicted octanol–water partition coefficient (Wildman–Crippen LogP) is 3.91. The van der Waals surface area contributed by atoms with Gasteiger partial charge in [0.25, 0.3) is 5.56 Å². The third kappa shape index (κ3) is 3.49. The molecule has 1 aromatic heterocycles. The van der Waals surface area contributed by atoms with Crippen molar-refractivity contribution < 1.29 is 4.79 Å². The van der Waals surface area contributed by atoms with Gasteiger partial charge < -0.3 is 5.32 Å². The van der Waals surface area contributed by atoms with E-state index in [2.05, 4.69) is 41.2 Å². The summed E-state index contributed by atoms with van der Waals surface area (Å²) in [6.45, 7) is 5.57. The average Bonchev–Trinajstić information content (AvgIpc) is 2.55. The first-order valence-corrected chi connectivity index (χ1v) is 8.96. The Kier molecular flexibility index (Phi) is 4.59. The minimum atomic E-state index is -0.319. The highest BCUT2D eigenvalue weighted by atomic mass is 79.9. The summed E-state index contributed by atoms with van der Waals surface area (Å²) < 4.78 is 2.19. The van der Waals surface area contributed by atoms with Crippen LogP contribution < -0.4 is 10.9 Å². The van der Waals surface area contributed by atoms with Crippen LogP contribution in [0.1, 0.15) is 37.5 Å². The van der Waals surface area contributed by atoms with Crippen molar-refractivity contribution in [2.24, 2.45) is 5.41 Å². The fourth-order valence-electron chi connectivity index (χ4n) is 3.23. The minimum Gasteiger partial charge on any atom is -0.322 e. The number of benzene rings is 1. The number of nitrogens with one attached hydrogen (secondary N) is 1. The number of nitrogens with zero attached hydrogens (tertiary/aromatic N) is 2. The van der Waals surface area contributed by atoms with Gasteiger partial charge >= 0.3 is 0 Å². The van der Waals surface area contributed by atoms with E-state index < -0.39 is 0 Å². The first-order valence-electron chi connectivity index (χ1n) is 8.16. The summed E-state index contributed by atoms with van der Waals surface area (Å²) in [5.74, 6) is -0.308. The maximum atomic E-state index is 13.0. The SMILES string of the molecule is CC(=O)Nc1cc(Br)cn(C2=CC(C)(C)Cc3ccc(C#N)cc32)c1=O. The van der Waals surface area contributed by atoms with Crippen molar-refractivity contribution in [2.75, 3.05) is 5.32 Å². The van der Waals surface area contributed by atoms with Gasteiger partial charge in [-0.1, -0.05) is 26.0 Å². The quantitative estimate of drug-likeness (QED) is 0.813. The Labute approximate surface area is 160 Å². The summed E-state index contributed by atoms with van der Waals surface area (Å²) in [6, 6.07) is 9.29. The maximum absolute atomic E-state index is 13.0. The topological polar surface area (TPSA) is 74.9 Å². The molecule has 0 aliphatic heterocycles. The monoisotopic (exact) mass is 411 g/mol. The molecule has 0 unspecified atom stereocenters. The first-order chi connectivity index (χ1) is 12.2. The van der Waals surface area contributed by atoms with Gasteiger partial charge in [0.1, 0.15) is 5.69 Å². The molecule has 26 heavy (non-hydrogen) atoms. The predicted molar refractivity (Wildman–Crippen MR) is 105 cm³/mol. The Morgan fingerprint density at radius 2 is 2.08 bits per heavy atom. The molecule has 0 atom stereocenters. The van der Waals surface area contributed by atoms with Crippen molar-refractivity contribution in [3.05, 3.63) is 68.1 Å². The zero-order valence-electron chi connectivity index (χ0n) is 14.8. The van der Waals surface area contributed by atoms with Crippen LogP contribution in [0.5, 0.6) is 0 Å². The van der Waals surface area contributed by atoms with E-state index in [0.717, 1.165) is 17.5 Å². The van der Waals surface area contributed by atoms with Gasteiger partial charge in [-0.2, -0.15) is 5.26 Å². The average molecular weight is 412 g/mol. The summed E-state index contributed by atoms with van der Waals surface area (Å²) in [5, 5.41) is 11.8. The number of amides is 1. The van der Waals surface area contributed by atoms with Crippen LogP contribution in [0.15, 0.2) is 45.8 Å². The Morgan fingerprint density at radius 1 is 1.35 bits per heavy atom. The highest BCUT2D eigenvalue weighted by Gasteiger charge is 2.27. The van der Waals surface area contributed by atoms with Crippen LogP contribution in [0.4, 0.5) is 5.69 Å². The number of carbonyl (C=O) groups is 1. The van der Waals surface area contributed by atoms with E-state index in [1.165, 1.54) is 11.5 Å². The standard InChI is InChI=1S/C20H18BrN3O2/c1-12(25)23-17-7-15(21)11-24(19(17)26)18-9-20(2,3)8-14-5-4-13(10-22)6-16(14)18/h4-7,9,11H,8H2,1-3H3,(H,23,25). The zero-order chi connectivity index (χ0) is 19.1. The number of anilines is 1. The summed E-state index contributed by atoms with van der Waals surface area (Å²) in [5.41, 5.74) is 2.93. The van der Waals surface area contributed by atoms with E-state index >= 15 is 0 Å². The third-order valence-electron chi connectivity index (χ3n) is 4.24. The van der Waals surface area contributed by atoms with Crippen molar-refractivity contribution in [3.8, 4) is 6.07 Å². The van der Waals surface area contributed by atoms with Gasteiger partial charge in [-0.15, -0.1) is 0 Å². The highest BCUT2D eigenvalue weighted by Crippen LogP contribution is 2.37. The summed E-state index contributed by atoms with van der Waals surface area (Å²) in [4.78, 5) is 24.4. The Balaban J connectivity index is 2.28. The van der Waals surface area contributed by atoms with Crippen LogP contribution in [0.2, 0.25) is 0 Å². The number of nitriles is 1. The van der Waals surface area contributed by atoms with Crippen molar-refractivity contribution >= 4 is 33.2 Å². The molecule has 6 heteroatoms. The highest BCUT2D eigenvalue weighted by molar-refractivity contribution is 9.10. The van der Waals surface area contributed by atoms with Gasteiger partial charge in [0.15, 0.2) is 0 Å². The molecule has 132 valence electrons. The molecule has 1 aliphatic carbocycles. The minimum absolute atomic E-state index is 0.146. The van der Waals surface area contributed by atoms with Crippen molar-refractivity contribution in [1.82, 2.24) is 4.57 Å². The van der Waals surface area contributed by atoms with E-state index in [9.17, 15) is 14.9 Å². The second kappa shape index (κ2) is 6.58. The van der Waals surface area contributed by atoms with Crippen LogP contribution >= 0.6 is 15.9 Å². The van der Waals surface area contributed by atoms with Gasteiger partial charge in [0.2, 0.25) is 5.91 Å². The zero-order valence-corrected chi connectivity index (χ0v) is 16.3. The number of allylic oxidation sites excluding steroid dienone is 1. The summed E-state index contributed by atoms with van der Waals surface area (Å²) in [7, 11) is 0. The van der Waals surface area contributed by atoms with Crippen molar-refractivity contribution in [3.63, 3.8) is 0 Å². The molecule has 1 aliphatic rings. The Bertz CT molecular complexity index is 1040. The Hall–Kier alpha value is -2.65. The molecule has 1 N–H and O–H groups in total. The number of fused-ring (bicyclic) bond motifs is 1. The molecule has 0 saturated carbocycles. The fraction of sp³-hybridized carbons (Fsp3) is 0.250. The van der Waals surface area contributed by atoms with Crippen molar-refractivity contribution in [1.29, 1.82) is 5.26 Å². The molecule has 0 radical (unpaired) electrons. The first kappa shape index (κ1) is 18.2. The maximum Gasteiger partial charge on any atom is 0.278 e. The normalized spacial score (nSPS) is 14.8. The molecular formula is C20H18BrN3O2. The van der Waals surface area contributed by atoms with Gasteiger partial charge in [0.05, 0.1) is 17.3 Å². The third-order valence-corrected chi connectivity index (χ3v) is 4.68.